The van der Waals surface area contributed by atoms with Gasteiger partial charge in [-0.25, -0.2) is 18.7 Å². The molecule has 0 atom stereocenters. The van der Waals surface area contributed by atoms with Crippen molar-refractivity contribution in [2.24, 2.45) is 0 Å². The number of nitrogens with zero attached hydrogens (tertiary/aromatic N) is 2. The van der Waals surface area contributed by atoms with Gasteiger partial charge in [0.15, 0.2) is 18.2 Å². The largest absolute Gasteiger partial charge is 0.464 e. The van der Waals surface area contributed by atoms with E-state index >= 15 is 0 Å². The lowest BCUT2D eigenvalue weighted by Crippen LogP contribution is -2.00. The Hall–Kier alpha value is -2.48. The Labute approximate surface area is 109 Å². The van der Waals surface area contributed by atoms with Crippen LogP contribution in [0.4, 0.5) is 8.78 Å². The number of hydrogen-bond acceptors (Lipinski definition) is 3. The van der Waals surface area contributed by atoms with Crippen molar-refractivity contribution in [1.82, 2.24) is 9.97 Å². The number of aromatic nitrogens is 2. The van der Waals surface area contributed by atoms with E-state index in [1.54, 1.807) is 6.92 Å². The molecule has 2 rings (SSSR count). The van der Waals surface area contributed by atoms with Crippen LogP contribution in [0.3, 0.4) is 0 Å². The van der Waals surface area contributed by atoms with Crippen molar-refractivity contribution in [3.63, 3.8) is 0 Å². The van der Waals surface area contributed by atoms with E-state index in [2.05, 4.69) is 21.8 Å². The molecule has 1 heterocycles. The van der Waals surface area contributed by atoms with E-state index in [1.165, 1.54) is 24.7 Å². The van der Waals surface area contributed by atoms with Crippen LogP contribution in [0, 0.1) is 23.5 Å². The molecular formula is C14H10F2N2O. The quantitative estimate of drug-likeness (QED) is 0.796. The molecule has 0 saturated carbocycles. The number of rotatable bonds is 3. The Bertz CT molecular complexity index is 647. The fourth-order valence-electron chi connectivity index (χ4n) is 1.51. The van der Waals surface area contributed by atoms with Crippen LogP contribution >= 0.6 is 0 Å². The monoisotopic (exact) mass is 260 g/mol. The summed E-state index contributed by atoms with van der Waals surface area (Å²) in [6, 6.07) is 3.90. The van der Waals surface area contributed by atoms with E-state index in [1.807, 2.05) is 0 Å². The zero-order valence-electron chi connectivity index (χ0n) is 10.2. The summed E-state index contributed by atoms with van der Waals surface area (Å²) in [5.74, 6) is 3.65. The molecule has 0 radical (unpaired) electrons. The molecule has 5 heteroatoms. The van der Waals surface area contributed by atoms with Crippen molar-refractivity contribution in [3.8, 4) is 28.8 Å². The van der Waals surface area contributed by atoms with E-state index in [0.29, 0.717) is 0 Å². The Kier molecular flexibility index (Phi) is 4.04. The lowest BCUT2D eigenvalue weighted by atomic mass is 10.1. The van der Waals surface area contributed by atoms with Crippen molar-refractivity contribution >= 4 is 0 Å². The lowest BCUT2D eigenvalue weighted by molar-refractivity contribution is 0.356. The van der Waals surface area contributed by atoms with Crippen molar-refractivity contribution in [2.45, 2.75) is 6.92 Å². The molecule has 0 unspecified atom stereocenters. The predicted octanol–water partition coefficient (Wildman–Crippen LogP) is 2.82. The molecule has 0 aliphatic heterocycles. The molecule has 96 valence electrons. The predicted molar refractivity (Wildman–Crippen MR) is 66.3 cm³/mol. The van der Waals surface area contributed by atoms with Gasteiger partial charge in [-0.1, -0.05) is 18.1 Å². The van der Waals surface area contributed by atoms with Crippen molar-refractivity contribution < 1.29 is 13.5 Å². The third kappa shape index (κ3) is 2.86. The first-order chi connectivity index (χ1) is 9.24. The Morgan fingerprint density at radius 3 is 2.89 bits per heavy atom. The third-order valence-corrected chi connectivity index (χ3v) is 2.38. The van der Waals surface area contributed by atoms with Crippen LogP contribution in [-0.4, -0.2) is 16.6 Å². The third-order valence-electron chi connectivity index (χ3n) is 2.38. The van der Waals surface area contributed by atoms with Gasteiger partial charge in [-0.3, -0.25) is 0 Å². The average molecular weight is 260 g/mol. The second kappa shape index (κ2) is 5.91. The van der Waals surface area contributed by atoms with E-state index in [-0.39, 0.29) is 23.6 Å². The van der Waals surface area contributed by atoms with Crippen LogP contribution in [0.25, 0.3) is 11.1 Å². The van der Waals surface area contributed by atoms with Gasteiger partial charge in [0.25, 0.3) is 0 Å². The summed E-state index contributed by atoms with van der Waals surface area (Å²) in [5, 5.41) is 0. The SMILES string of the molecule is CC#CCOc1ncncc1-c1cccc(F)c1F. The summed E-state index contributed by atoms with van der Waals surface area (Å²) in [6.45, 7) is 1.80. The zero-order valence-corrected chi connectivity index (χ0v) is 10.2. The topological polar surface area (TPSA) is 35.0 Å². The Balaban J connectivity index is 2.43. The van der Waals surface area contributed by atoms with E-state index in [0.717, 1.165) is 6.07 Å². The fourth-order valence-corrected chi connectivity index (χ4v) is 1.51. The number of benzene rings is 1. The van der Waals surface area contributed by atoms with Gasteiger partial charge in [0.05, 0.1) is 5.56 Å². The van der Waals surface area contributed by atoms with Gasteiger partial charge >= 0.3 is 0 Å². The van der Waals surface area contributed by atoms with Crippen LogP contribution in [-0.2, 0) is 0 Å². The summed E-state index contributed by atoms with van der Waals surface area (Å²) in [4.78, 5) is 7.71. The Morgan fingerprint density at radius 1 is 1.26 bits per heavy atom. The normalized spacial score (nSPS) is 9.63. The molecule has 0 spiro atoms. The molecule has 0 aliphatic rings. The molecular weight excluding hydrogens is 250 g/mol. The van der Waals surface area contributed by atoms with E-state index < -0.39 is 11.6 Å². The first kappa shape index (κ1) is 13.0. The number of hydrogen-bond donors (Lipinski definition) is 0. The van der Waals surface area contributed by atoms with Crippen LogP contribution in [0.15, 0.2) is 30.7 Å². The standard InChI is InChI=1S/C14H10F2N2O/c1-2-3-7-19-14-11(8-17-9-18-14)10-5-4-6-12(15)13(10)16/h4-6,8-9H,7H2,1H3. The van der Waals surface area contributed by atoms with Crippen LogP contribution in [0.1, 0.15) is 6.92 Å². The van der Waals surface area contributed by atoms with Gasteiger partial charge in [-0.15, -0.1) is 5.92 Å². The summed E-state index contributed by atoms with van der Waals surface area (Å²) >= 11 is 0. The highest BCUT2D eigenvalue weighted by molar-refractivity contribution is 5.68. The maximum absolute atomic E-state index is 13.7. The van der Waals surface area contributed by atoms with Crippen LogP contribution < -0.4 is 4.74 Å². The second-order valence-corrected chi connectivity index (χ2v) is 3.56. The van der Waals surface area contributed by atoms with Gasteiger partial charge in [0, 0.05) is 11.8 Å². The molecule has 0 fully saturated rings. The molecule has 0 N–H and O–H groups in total. The summed E-state index contributed by atoms with van der Waals surface area (Å²) in [5.41, 5.74) is 0.345. The van der Waals surface area contributed by atoms with Crippen molar-refractivity contribution in [2.75, 3.05) is 6.61 Å². The molecule has 3 nitrogen and oxygen atoms in total. The Morgan fingerprint density at radius 2 is 2.11 bits per heavy atom. The van der Waals surface area contributed by atoms with Crippen LogP contribution in [0.2, 0.25) is 0 Å². The molecule has 0 aliphatic carbocycles. The first-order valence-electron chi connectivity index (χ1n) is 5.51. The maximum Gasteiger partial charge on any atom is 0.225 e. The highest BCUT2D eigenvalue weighted by Crippen LogP contribution is 2.30. The maximum atomic E-state index is 13.7. The van der Waals surface area contributed by atoms with E-state index in [4.69, 9.17) is 4.74 Å². The molecule has 0 bridgehead atoms. The minimum Gasteiger partial charge on any atom is -0.464 e. The van der Waals surface area contributed by atoms with Gasteiger partial charge in [-0.2, -0.15) is 0 Å². The van der Waals surface area contributed by atoms with Gasteiger partial charge in [0.2, 0.25) is 5.88 Å². The van der Waals surface area contributed by atoms with Crippen LogP contribution in [0.5, 0.6) is 5.88 Å². The number of halogens is 2. The molecule has 1 aromatic carbocycles. The molecule has 0 saturated heterocycles. The molecule has 0 amide bonds. The van der Waals surface area contributed by atoms with E-state index in [9.17, 15) is 8.78 Å². The average Bonchev–Trinajstić information content (AvgIpc) is 2.43. The van der Waals surface area contributed by atoms with Crippen molar-refractivity contribution in [3.05, 3.63) is 42.4 Å². The van der Waals surface area contributed by atoms with Gasteiger partial charge < -0.3 is 4.74 Å². The van der Waals surface area contributed by atoms with Gasteiger partial charge in [0.1, 0.15) is 6.33 Å². The van der Waals surface area contributed by atoms with Crippen molar-refractivity contribution in [1.29, 1.82) is 0 Å². The minimum atomic E-state index is -0.955. The summed E-state index contributed by atoms with van der Waals surface area (Å²) < 4.78 is 32.3. The molecule has 19 heavy (non-hydrogen) atoms. The lowest BCUT2D eigenvalue weighted by Gasteiger charge is -2.08. The smallest absolute Gasteiger partial charge is 0.225 e. The summed E-state index contributed by atoms with van der Waals surface area (Å²) in [7, 11) is 0. The fraction of sp³-hybridized carbons (Fsp3) is 0.143. The number of ether oxygens (including phenoxy) is 1. The minimum absolute atomic E-state index is 0.0556. The molecule has 2 aromatic rings. The second-order valence-electron chi connectivity index (χ2n) is 3.56. The zero-order chi connectivity index (χ0) is 13.7. The highest BCUT2D eigenvalue weighted by Gasteiger charge is 2.15. The van der Waals surface area contributed by atoms with Gasteiger partial charge in [-0.05, 0) is 13.0 Å². The molecule has 1 aromatic heterocycles. The summed E-state index contributed by atoms with van der Waals surface area (Å²) in [6.07, 6.45) is 2.65. The highest BCUT2D eigenvalue weighted by atomic mass is 19.2. The first-order valence-corrected chi connectivity index (χ1v) is 5.51.